The van der Waals surface area contributed by atoms with E-state index >= 15 is 0 Å². The highest BCUT2D eigenvalue weighted by atomic mass is 35.5. The van der Waals surface area contributed by atoms with Crippen LogP contribution in [0.2, 0.25) is 5.02 Å². The van der Waals surface area contributed by atoms with Crippen LogP contribution in [0.25, 0.3) is 0 Å². The summed E-state index contributed by atoms with van der Waals surface area (Å²) in [5.41, 5.74) is 2.29. The van der Waals surface area contributed by atoms with E-state index in [1.807, 2.05) is 0 Å². The van der Waals surface area contributed by atoms with Crippen molar-refractivity contribution < 1.29 is 4.39 Å². The van der Waals surface area contributed by atoms with Gasteiger partial charge in [-0.3, -0.25) is 4.98 Å². The summed E-state index contributed by atoms with van der Waals surface area (Å²) in [6.45, 7) is 0. The Labute approximate surface area is 108 Å². The predicted octanol–water partition coefficient (Wildman–Crippen LogP) is 3.44. The Morgan fingerprint density at radius 1 is 1.53 bits per heavy atom. The van der Waals surface area contributed by atoms with Crippen molar-refractivity contribution in [2.24, 2.45) is 0 Å². The van der Waals surface area contributed by atoms with Crippen molar-refractivity contribution in [1.29, 1.82) is 0 Å². The average Bonchev–Trinajstić information content (AvgIpc) is 2.80. The summed E-state index contributed by atoms with van der Waals surface area (Å²) in [7, 11) is 1.80. The predicted molar refractivity (Wildman–Crippen MR) is 69.0 cm³/mol. The molecular weight excluding hydrogens is 259 g/mol. The Hall–Kier alpha value is -0.970. The Morgan fingerprint density at radius 2 is 2.35 bits per heavy atom. The van der Waals surface area contributed by atoms with E-state index in [1.165, 1.54) is 6.07 Å². The van der Waals surface area contributed by atoms with Crippen LogP contribution in [0.5, 0.6) is 0 Å². The fourth-order valence-electron chi connectivity index (χ4n) is 1.74. The maximum Gasteiger partial charge on any atom is 0.129 e. The van der Waals surface area contributed by atoms with Gasteiger partial charge >= 0.3 is 0 Å². The third kappa shape index (κ3) is 2.83. The fraction of sp³-hybridized carbons (Fsp3) is 0.250. The molecule has 1 heterocycles. The molecule has 1 unspecified atom stereocenters. The SMILES string of the molecule is CNC(Cc1cncs1)c1c(F)cccc1Cl. The van der Waals surface area contributed by atoms with Crippen molar-refractivity contribution >= 4 is 22.9 Å². The summed E-state index contributed by atoms with van der Waals surface area (Å²) in [5, 5.41) is 3.55. The van der Waals surface area contributed by atoms with Gasteiger partial charge in [0.1, 0.15) is 5.82 Å². The van der Waals surface area contributed by atoms with Crippen LogP contribution in [0.15, 0.2) is 29.9 Å². The highest BCUT2D eigenvalue weighted by Gasteiger charge is 2.18. The second-order valence-electron chi connectivity index (χ2n) is 3.65. The van der Waals surface area contributed by atoms with E-state index in [-0.39, 0.29) is 11.9 Å². The Bertz CT molecular complexity index is 467. The first-order valence-corrected chi connectivity index (χ1v) is 6.46. The normalized spacial score (nSPS) is 12.6. The number of aromatic nitrogens is 1. The Kier molecular flexibility index (Phi) is 4.10. The quantitative estimate of drug-likeness (QED) is 0.921. The Balaban J connectivity index is 2.29. The van der Waals surface area contributed by atoms with Gasteiger partial charge in [0, 0.05) is 34.1 Å². The minimum atomic E-state index is -0.277. The highest BCUT2D eigenvalue weighted by molar-refractivity contribution is 7.09. The second-order valence-corrected chi connectivity index (χ2v) is 5.03. The van der Waals surface area contributed by atoms with Crippen molar-refractivity contribution in [3.05, 3.63) is 51.2 Å². The third-order valence-corrected chi connectivity index (χ3v) is 3.72. The van der Waals surface area contributed by atoms with Crippen molar-refractivity contribution in [2.45, 2.75) is 12.5 Å². The number of benzene rings is 1. The van der Waals surface area contributed by atoms with Gasteiger partial charge in [-0.1, -0.05) is 17.7 Å². The molecule has 0 aliphatic rings. The summed E-state index contributed by atoms with van der Waals surface area (Å²) >= 11 is 7.61. The largest absolute Gasteiger partial charge is 0.313 e. The molecule has 0 saturated heterocycles. The van der Waals surface area contributed by atoms with Crippen molar-refractivity contribution in [3.63, 3.8) is 0 Å². The molecule has 1 atom stereocenters. The van der Waals surface area contributed by atoms with Crippen LogP contribution in [0.4, 0.5) is 4.39 Å². The van der Waals surface area contributed by atoms with Gasteiger partial charge in [-0.2, -0.15) is 0 Å². The van der Waals surface area contributed by atoms with Gasteiger partial charge in [-0.25, -0.2) is 4.39 Å². The smallest absolute Gasteiger partial charge is 0.129 e. The molecule has 2 nitrogen and oxygen atoms in total. The number of nitrogens with one attached hydrogen (secondary N) is 1. The zero-order chi connectivity index (χ0) is 12.3. The van der Waals surface area contributed by atoms with E-state index in [0.29, 0.717) is 17.0 Å². The molecule has 0 spiro atoms. The lowest BCUT2D eigenvalue weighted by Crippen LogP contribution is -2.20. The molecule has 0 radical (unpaired) electrons. The monoisotopic (exact) mass is 270 g/mol. The van der Waals surface area contributed by atoms with E-state index in [0.717, 1.165) is 4.88 Å². The molecular formula is C12H12ClFN2S. The molecule has 0 saturated carbocycles. The number of thiazole rings is 1. The highest BCUT2D eigenvalue weighted by Crippen LogP contribution is 2.28. The van der Waals surface area contributed by atoms with Crippen LogP contribution >= 0.6 is 22.9 Å². The second kappa shape index (κ2) is 5.58. The molecule has 0 fully saturated rings. The molecule has 2 aromatic rings. The van der Waals surface area contributed by atoms with Gasteiger partial charge in [0.05, 0.1) is 5.51 Å². The molecule has 1 N–H and O–H groups in total. The summed E-state index contributed by atoms with van der Waals surface area (Å²) in [6.07, 6.45) is 2.48. The van der Waals surface area contributed by atoms with Gasteiger partial charge in [0.15, 0.2) is 0 Å². The van der Waals surface area contributed by atoms with E-state index < -0.39 is 0 Å². The van der Waals surface area contributed by atoms with Gasteiger partial charge < -0.3 is 5.32 Å². The topological polar surface area (TPSA) is 24.9 Å². The van der Waals surface area contributed by atoms with Gasteiger partial charge in [0.2, 0.25) is 0 Å². The molecule has 1 aromatic heterocycles. The molecule has 2 rings (SSSR count). The van der Waals surface area contributed by atoms with Gasteiger partial charge in [-0.15, -0.1) is 11.3 Å². The molecule has 0 aliphatic carbocycles. The standard InChI is InChI=1S/C12H12ClFN2S/c1-15-11(5-8-6-16-7-17-8)12-9(13)3-2-4-10(12)14/h2-4,6-7,11,15H,5H2,1H3. The van der Waals surface area contributed by atoms with E-state index in [9.17, 15) is 4.39 Å². The molecule has 90 valence electrons. The lowest BCUT2D eigenvalue weighted by molar-refractivity contribution is 0.536. The maximum atomic E-state index is 13.8. The molecule has 0 aliphatic heterocycles. The third-order valence-electron chi connectivity index (χ3n) is 2.59. The zero-order valence-electron chi connectivity index (χ0n) is 9.28. The first-order chi connectivity index (χ1) is 8.22. The van der Waals surface area contributed by atoms with Crippen LogP contribution in [0, 0.1) is 5.82 Å². The zero-order valence-corrected chi connectivity index (χ0v) is 10.9. The summed E-state index contributed by atoms with van der Waals surface area (Å²) in [5.74, 6) is -0.277. The maximum absolute atomic E-state index is 13.8. The summed E-state index contributed by atoms with van der Waals surface area (Å²) in [4.78, 5) is 5.11. The van der Waals surface area contributed by atoms with E-state index in [2.05, 4.69) is 10.3 Å². The van der Waals surface area contributed by atoms with Crippen LogP contribution in [-0.2, 0) is 6.42 Å². The summed E-state index contributed by atoms with van der Waals surface area (Å²) in [6, 6.07) is 4.61. The first-order valence-electron chi connectivity index (χ1n) is 5.21. The number of hydrogen-bond donors (Lipinski definition) is 1. The molecule has 5 heteroatoms. The fourth-order valence-corrected chi connectivity index (χ4v) is 2.67. The number of likely N-dealkylation sites (N-methyl/N-ethyl adjacent to an activating group) is 1. The Morgan fingerprint density at radius 3 is 2.94 bits per heavy atom. The summed E-state index contributed by atoms with van der Waals surface area (Å²) < 4.78 is 13.8. The number of hydrogen-bond acceptors (Lipinski definition) is 3. The van der Waals surface area contributed by atoms with E-state index in [1.54, 1.807) is 42.2 Å². The van der Waals surface area contributed by atoms with E-state index in [4.69, 9.17) is 11.6 Å². The van der Waals surface area contributed by atoms with Crippen LogP contribution in [0.1, 0.15) is 16.5 Å². The minimum Gasteiger partial charge on any atom is -0.313 e. The average molecular weight is 271 g/mol. The van der Waals surface area contributed by atoms with Crippen LogP contribution < -0.4 is 5.32 Å². The molecule has 1 aromatic carbocycles. The molecule has 17 heavy (non-hydrogen) atoms. The number of halogens is 2. The van der Waals surface area contributed by atoms with Crippen LogP contribution in [0.3, 0.4) is 0 Å². The van der Waals surface area contributed by atoms with Crippen molar-refractivity contribution in [3.8, 4) is 0 Å². The number of rotatable bonds is 4. The van der Waals surface area contributed by atoms with Gasteiger partial charge in [0.25, 0.3) is 0 Å². The van der Waals surface area contributed by atoms with Crippen molar-refractivity contribution in [2.75, 3.05) is 7.05 Å². The first kappa shape index (κ1) is 12.5. The minimum absolute atomic E-state index is 0.135. The van der Waals surface area contributed by atoms with Gasteiger partial charge in [-0.05, 0) is 19.2 Å². The van der Waals surface area contributed by atoms with Crippen LogP contribution in [-0.4, -0.2) is 12.0 Å². The lowest BCUT2D eigenvalue weighted by atomic mass is 10.0. The lowest BCUT2D eigenvalue weighted by Gasteiger charge is -2.17. The molecule has 0 amide bonds. The number of nitrogens with zero attached hydrogens (tertiary/aromatic N) is 1. The van der Waals surface area contributed by atoms with Crippen molar-refractivity contribution in [1.82, 2.24) is 10.3 Å². The molecule has 0 bridgehead atoms.